The van der Waals surface area contributed by atoms with E-state index in [9.17, 15) is 8.78 Å². The normalized spacial score (nSPS) is 15.0. The van der Waals surface area contributed by atoms with Crippen molar-refractivity contribution in [3.05, 3.63) is 89.5 Å². The summed E-state index contributed by atoms with van der Waals surface area (Å²) < 4.78 is 48.8. The molecule has 1 saturated heterocycles. The standard InChI is InChI=1S/C23H20F2O4/c24-18-5-1-16(2-6-18)12-28-22-10-9-20(26-14-21-15-27-21)11-23(22)29-13-17-3-7-19(25)8-4-17/h1-11,21H,12-15H2. The highest BCUT2D eigenvalue weighted by molar-refractivity contribution is 5.46. The molecule has 1 fully saturated rings. The van der Waals surface area contributed by atoms with Gasteiger partial charge >= 0.3 is 0 Å². The van der Waals surface area contributed by atoms with Crippen LogP contribution in [0.15, 0.2) is 66.7 Å². The maximum atomic E-state index is 13.1. The summed E-state index contributed by atoms with van der Waals surface area (Å²) in [6, 6.07) is 17.6. The summed E-state index contributed by atoms with van der Waals surface area (Å²) in [4.78, 5) is 0. The van der Waals surface area contributed by atoms with Crippen LogP contribution in [0, 0.1) is 11.6 Å². The van der Waals surface area contributed by atoms with Crippen molar-refractivity contribution in [2.45, 2.75) is 19.3 Å². The molecule has 1 atom stereocenters. The maximum absolute atomic E-state index is 13.1. The van der Waals surface area contributed by atoms with Crippen molar-refractivity contribution in [1.82, 2.24) is 0 Å². The number of hydrogen-bond acceptors (Lipinski definition) is 4. The van der Waals surface area contributed by atoms with E-state index in [0.29, 0.717) is 30.5 Å². The third-order valence-corrected chi connectivity index (χ3v) is 4.37. The average Bonchev–Trinajstić information content (AvgIpc) is 3.57. The van der Waals surface area contributed by atoms with Gasteiger partial charge in [-0.05, 0) is 47.5 Å². The summed E-state index contributed by atoms with van der Waals surface area (Å²) in [5.74, 6) is 1.09. The molecule has 3 aromatic rings. The monoisotopic (exact) mass is 398 g/mol. The largest absolute Gasteiger partial charge is 0.491 e. The lowest BCUT2D eigenvalue weighted by atomic mass is 10.2. The molecule has 6 heteroatoms. The summed E-state index contributed by atoms with van der Waals surface area (Å²) in [7, 11) is 0. The van der Waals surface area contributed by atoms with Crippen molar-refractivity contribution in [2.24, 2.45) is 0 Å². The van der Waals surface area contributed by atoms with Crippen LogP contribution in [0.5, 0.6) is 17.2 Å². The number of hydrogen-bond donors (Lipinski definition) is 0. The lowest BCUT2D eigenvalue weighted by molar-refractivity contribution is 0.245. The number of epoxide rings is 1. The van der Waals surface area contributed by atoms with Crippen molar-refractivity contribution >= 4 is 0 Å². The van der Waals surface area contributed by atoms with Gasteiger partial charge in [-0.2, -0.15) is 0 Å². The molecule has 150 valence electrons. The molecule has 0 spiro atoms. The van der Waals surface area contributed by atoms with Gasteiger partial charge < -0.3 is 18.9 Å². The van der Waals surface area contributed by atoms with Crippen LogP contribution in [0.1, 0.15) is 11.1 Å². The van der Waals surface area contributed by atoms with Crippen LogP contribution in [0.25, 0.3) is 0 Å². The van der Waals surface area contributed by atoms with Crippen LogP contribution in [0.4, 0.5) is 8.78 Å². The molecule has 1 unspecified atom stereocenters. The summed E-state index contributed by atoms with van der Waals surface area (Å²) >= 11 is 0. The summed E-state index contributed by atoms with van der Waals surface area (Å²) in [5, 5.41) is 0. The molecule has 0 amide bonds. The van der Waals surface area contributed by atoms with Gasteiger partial charge in [0, 0.05) is 6.07 Å². The van der Waals surface area contributed by atoms with Crippen molar-refractivity contribution in [3.8, 4) is 17.2 Å². The number of ether oxygens (including phenoxy) is 4. The van der Waals surface area contributed by atoms with E-state index in [1.165, 1.54) is 24.3 Å². The summed E-state index contributed by atoms with van der Waals surface area (Å²) in [6.07, 6.45) is 0.146. The van der Waals surface area contributed by atoms with Crippen molar-refractivity contribution in [2.75, 3.05) is 13.2 Å². The summed E-state index contributed by atoms with van der Waals surface area (Å²) in [5.41, 5.74) is 1.66. The van der Waals surface area contributed by atoms with E-state index < -0.39 is 0 Å². The molecule has 4 nitrogen and oxygen atoms in total. The topological polar surface area (TPSA) is 40.2 Å². The average molecular weight is 398 g/mol. The van der Waals surface area contributed by atoms with Gasteiger partial charge in [-0.1, -0.05) is 24.3 Å². The number of halogens is 2. The van der Waals surface area contributed by atoms with Gasteiger partial charge in [-0.3, -0.25) is 0 Å². The smallest absolute Gasteiger partial charge is 0.165 e. The maximum Gasteiger partial charge on any atom is 0.165 e. The van der Waals surface area contributed by atoms with Crippen molar-refractivity contribution in [1.29, 1.82) is 0 Å². The number of rotatable bonds is 9. The molecule has 0 aliphatic carbocycles. The predicted octanol–water partition coefficient (Wildman–Crippen LogP) is 4.90. The highest BCUT2D eigenvalue weighted by Gasteiger charge is 2.23. The molecule has 0 radical (unpaired) electrons. The fourth-order valence-corrected chi connectivity index (χ4v) is 2.65. The minimum atomic E-state index is -0.297. The Labute approximate surface area is 167 Å². The highest BCUT2D eigenvalue weighted by atomic mass is 19.1. The van der Waals surface area contributed by atoms with Gasteiger partial charge in [0.25, 0.3) is 0 Å². The Bertz CT molecular complexity index is 938. The number of benzene rings is 3. The zero-order valence-electron chi connectivity index (χ0n) is 15.6. The van der Waals surface area contributed by atoms with Crippen LogP contribution in [0.3, 0.4) is 0 Å². The van der Waals surface area contributed by atoms with E-state index in [1.807, 2.05) is 0 Å². The Balaban J connectivity index is 1.46. The van der Waals surface area contributed by atoms with E-state index >= 15 is 0 Å². The van der Waals surface area contributed by atoms with E-state index in [1.54, 1.807) is 42.5 Å². The molecule has 0 N–H and O–H groups in total. The second-order valence-corrected chi connectivity index (χ2v) is 6.71. The quantitative estimate of drug-likeness (QED) is 0.481. The Morgan fingerprint density at radius 1 is 0.724 bits per heavy atom. The Morgan fingerprint density at radius 2 is 1.28 bits per heavy atom. The summed E-state index contributed by atoms with van der Waals surface area (Å²) in [6.45, 7) is 1.71. The molecule has 0 saturated carbocycles. The third kappa shape index (κ3) is 5.68. The molecule has 0 bridgehead atoms. The van der Waals surface area contributed by atoms with Crippen LogP contribution < -0.4 is 14.2 Å². The van der Waals surface area contributed by atoms with Gasteiger partial charge in [0.2, 0.25) is 0 Å². The van der Waals surface area contributed by atoms with Crippen LogP contribution >= 0.6 is 0 Å². The molecular formula is C23H20F2O4. The first-order valence-electron chi connectivity index (χ1n) is 9.29. The van der Waals surface area contributed by atoms with Crippen LogP contribution in [-0.4, -0.2) is 19.3 Å². The Kier molecular flexibility index (Phi) is 5.91. The molecule has 1 aliphatic heterocycles. The first-order valence-corrected chi connectivity index (χ1v) is 9.29. The van der Waals surface area contributed by atoms with Gasteiger partial charge in [0.1, 0.15) is 43.3 Å². The van der Waals surface area contributed by atoms with Gasteiger partial charge in [-0.25, -0.2) is 8.78 Å². The third-order valence-electron chi connectivity index (χ3n) is 4.37. The zero-order valence-corrected chi connectivity index (χ0v) is 15.6. The van der Waals surface area contributed by atoms with Gasteiger partial charge in [0.05, 0.1) is 6.61 Å². The second kappa shape index (κ2) is 8.92. The predicted molar refractivity (Wildman–Crippen MR) is 103 cm³/mol. The fourth-order valence-electron chi connectivity index (χ4n) is 2.65. The van der Waals surface area contributed by atoms with Gasteiger partial charge in [-0.15, -0.1) is 0 Å². The Hall–Kier alpha value is -3.12. The lowest BCUT2D eigenvalue weighted by Crippen LogP contribution is -2.05. The first-order chi connectivity index (χ1) is 14.2. The van der Waals surface area contributed by atoms with Crippen molar-refractivity contribution < 1.29 is 27.7 Å². The van der Waals surface area contributed by atoms with Crippen LogP contribution in [0.2, 0.25) is 0 Å². The molecule has 4 rings (SSSR count). The molecule has 0 aromatic heterocycles. The first kappa shape index (κ1) is 19.2. The molecule has 1 heterocycles. The van der Waals surface area contributed by atoms with E-state index in [0.717, 1.165) is 11.1 Å². The van der Waals surface area contributed by atoms with E-state index in [2.05, 4.69) is 0 Å². The molecule has 3 aromatic carbocycles. The zero-order chi connectivity index (χ0) is 20.1. The molecule has 29 heavy (non-hydrogen) atoms. The van der Waals surface area contributed by atoms with Gasteiger partial charge in [0.15, 0.2) is 11.5 Å². The molecule has 1 aliphatic rings. The molecular weight excluding hydrogens is 378 g/mol. The van der Waals surface area contributed by atoms with Crippen LogP contribution in [-0.2, 0) is 18.0 Å². The minimum Gasteiger partial charge on any atom is -0.491 e. The fraction of sp³-hybridized carbons (Fsp3) is 0.217. The lowest BCUT2D eigenvalue weighted by Gasteiger charge is -2.15. The Morgan fingerprint density at radius 3 is 1.83 bits per heavy atom. The van der Waals surface area contributed by atoms with E-state index in [-0.39, 0.29) is 31.0 Å². The SMILES string of the molecule is Fc1ccc(COc2ccc(OCC3CO3)cc2OCc2ccc(F)cc2)cc1. The minimum absolute atomic E-state index is 0.146. The second-order valence-electron chi connectivity index (χ2n) is 6.71. The highest BCUT2D eigenvalue weighted by Crippen LogP contribution is 2.33. The van der Waals surface area contributed by atoms with Crippen molar-refractivity contribution in [3.63, 3.8) is 0 Å². The van der Waals surface area contributed by atoms with E-state index in [4.69, 9.17) is 18.9 Å².